The van der Waals surface area contributed by atoms with Gasteiger partial charge in [0.25, 0.3) is 0 Å². The van der Waals surface area contributed by atoms with Crippen LogP contribution in [0.3, 0.4) is 0 Å². The first-order valence-corrected chi connectivity index (χ1v) is 7.99. The number of amides is 2. The highest BCUT2D eigenvalue weighted by Gasteiger charge is 2.29. The molecule has 1 aliphatic rings. The zero-order chi connectivity index (χ0) is 16.8. The second-order valence-corrected chi connectivity index (χ2v) is 5.72. The van der Waals surface area contributed by atoms with Crippen LogP contribution in [0.15, 0.2) is 18.2 Å². The molecule has 1 saturated heterocycles. The van der Waals surface area contributed by atoms with Crippen LogP contribution in [0.2, 0.25) is 5.02 Å². The van der Waals surface area contributed by atoms with E-state index in [9.17, 15) is 9.59 Å². The average Bonchev–Trinajstić information content (AvgIpc) is 2.55. The molecule has 2 rings (SSSR count). The van der Waals surface area contributed by atoms with Crippen LogP contribution in [0, 0.1) is 5.92 Å². The first-order chi connectivity index (χ1) is 11.0. The van der Waals surface area contributed by atoms with Crippen molar-refractivity contribution < 1.29 is 19.1 Å². The number of methoxy groups -OCH3 is 1. The molecule has 0 aromatic heterocycles. The molecule has 7 heteroatoms. The summed E-state index contributed by atoms with van der Waals surface area (Å²) in [6.45, 7) is 3.12. The highest BCUT2D eigenvalue weighted by atomic mass is 35.5. The van der Waals surface area contributed by atoms with Crippen molar-refractivity contribution in [2.75, 3.05) is 32.1 Å². The van der Waals surface area contributed by atoms with E-state index in [0.29, 0.717) is 36.2 Å². The topological polar surface area (TPSA) is 67.9 Å². The number of likely N-dealkylation sites (tertiary alicyclic amines) is 1. The second-order valence-electron chi connectivity index (χ2n) is 5.32. The van der Waals surface area contributed by atoms with E-state index in [2.05, 4.69) is 5.32 Å². The third kappa shape index (κ3) is 4.51. The second kappa shape index (κ2) is 8.06. The number of halogens is 1. The van der Waals surface area contributed by atoms with Crippen molar-refractivity contribution in [2.24, 2.45) is 5.92 Å². The maximum Gasteiger partial charge on any atom is 0.321 e. The lowest BCUT2D eigenvalue weighted by atomic mass is 9.98. The SMILES string of the molecule is CCOC(=O)[C@H]1CCCN(C(=O)Nc2ccc(OC)c(Cl)c2)C1. The van der Waals surface area contributed by atoms with Crippen LogP contribution in [-0.4, -0.2) is 43.7 Å². The number of carbonyl (C=O) groups is 2. The van der Waals surface area contributed by atoms with Crippen LogP contribution in [-0.2, 0) is 9.53 Å². The summed E-state index contributed by atoms with van der Waals surface area (Å²) in [6.07, 6.45) is 1.53. The Hall–Kier alpha value is -1.95. The molecule has 1 aliphatic heterocycles. The van der Waals surface area contributed by atoms with Gasteiger partial charge in [-0.15, -0.1) is 0 Å². The van der Waals surface area contributed by atoms with Gasteiger partial charge in [-0.3, -0.25) is 4.79 Å². The molecular formula is C16H21ClN2O4. The van der Waals surface area contributed by atoms with E-state index in [0.717, 1.165) is 12.8 Å². The number of ether oxygens (including phenoxy) is 2. The largest absolute Gasteiger partial charge is 0.495 e. The van der Waals surface area contributed by atoms with E-state index >= 15 is 0 Å². The quantitative estimate of drug-likeness (QED) is 0.855. The van der Waals surface area contributed by atoms with Crippen LogP contribution in [0.25, 0.3) is 0 Å². The van der Waals surface area contributed by atoms with E-state index in [-0.39, 0.29) is 17.9 Å². The van der Waals surface area contributed by atoms with Gasteiger partial charge in [0.05, 0.1) is 24.7 Å². The molecule has 6 nitrogen and oxygen atoms in total. The summed E-state index contributed by atoms with van der Waals surface area (Å²) in [4.78, 5) is 25.8. The Morgan fingerprint density at radius 3 is 2.87 bits per heavy atom. The number of piperidine rings is 1. The summed E-state index contributed by atoms with van der Waals surface area (Å²) >= 11 is 6.05. The van der Waals surface area contributed by atoms with Crippen LogP contribution < -0.4 is 10.1 Å². The molecular weight excluding hydrogens is 320 g/mol. The van der Waals surface area contributed by atoms with Gasteiger partial charge in [-0.2, -0.15) is 0 Å². The molecule has 0 unspecified atom stereocenters. The maximum atomic E-state index is 12.3. The van der Waals surface area contributed by atoms with E-state index in [1.54, 1.807) is 30.0 Å². The molecule has 23 heavy (non-hydrogen) atoms. The predicted octanol–water partition coefficient (Wildman–Crippen LogP) is 3.16. The lowest BCUT2D eigenvalue weighted by Crippen LogP contribution is -2.44. The lowest BCUT2D eigenvalue weighted by Gasteiger charge is -2.31. The molecule has 1 heterocycles. The third-order valence-electron chi connectivity index (χ3n) is 3.73. The number of hydrogen-bond donors (Lipinski definition) is 1. The number of benzene rings is 1. The minimum absolute atomic E-state index is 0.238. The Kier molecular flexibility index (Phi) is 6.10. The molecule has 126 valence electrons. The third-order valence-corrected chi connectivity index (χ3v) is 4.03. The van der Waals surface area contributed by atoms with Gasteiger partial charge in [-0.25, -0.2) is 4.79 Å². The van der Waals surface area contributed by atoms with Crippen LogP contribution >= 0.6 is 11.6 Å². The molecule has 2 amide bonds. The van der Waals surface area contributed by atoms with Crippen molar-refractivity contribution in [1.29, 1.82) is 0 Å². The number of rotatable bonds is 4. The fraction of sp³-hybridized carbons (Fsp3) is 0.500. The summed E-state index contributed by atoms with van der Waals surface area (Å²) in [7, 11) is 1.53. The van der Waals surface area contributed by atoms with E-state index < -0.39 is 0 Å². The molecule has 0 bridgehead atoms. The number of anilines is 1. The van der Waals surface area contributed by atoms with Gasteiger partial charge in [-0.05, 0) is 38.0 Å². The van der Waals surface area contributed by atoms with Crippen LogP contribution in [0.5, 0.6) is 5.75 Å². The molecule has 1 atom stereocenters. The minimum Gasteiger partial charge on any atom is -0.495 e. The number of hydrogen-bond acceptors (Lipinski definition) is 4. The van der Waals surface area contributed by atoms with E-state index in [1.807, 2.05) is 0 Å². The van der Waals surface area contributed by atoms with Crippen LogP contribution in [0.1, 0.15) is 19.8 Å². The molecule has 0 saturated carbocycles. The van der Waals surface area contributed by atoms with Crippen molar-refractivity contribution in [2.45, 2.75) is 19.8 Å². The highest BCUT2D eigenvalue weighted by Crippen LogP contribution is 2.27. The summed E-state index contributed by atoms with van der Waals surface area (Å²) in [5, 5.41) is 3.21. The maximum absolute atomic E-state index is 12.3. The standard InChI is InChI=1S/C16H21ClN2O4/c1-3-23-15(20)11-5-4-8-19(10-11)16(21)18-12-6-7-14(22-2)13(17)9-12/h6-7,9,11H,3-5,8,10H2,1-2H3,(H,18,21)/t11-/m0/s1. The van der Waals surface area contributed by atoms with Gasteiger partial charge >= 0.3 is 12.0 Å². The van der Waals surface area contributed by atoms with Crippen molar-refractivity contribution in [3.63, 3.8) is 0 Å². The molecule has 1 N–H and O–H groups in total. The average molecular weight is 341 g/mol. The smallest absolute Gasteiger partial charge is 0.321 e. The summed E-state index contributed by atoms with van der Waals surface area (Å²) in [6, 6.07) is 4.79. The Morgan fingerprint density at radius 1 is 1.43 bits per heavy atom. The zero-order valence-electron chi connectivity index (χ0n) is 13.3. The Balaban J connectivity index is 1.97. The fourth-order valence-electron chi connectivity index (χ4n) is 2.56. The number of nitrogens with one attached hydrogen (secondary N) is 1. The van der Waals surface area contributed by atoms with Gasteiger partial charge in [0.15, 0.2) is 0 Å². The predicted molar refractivity (Wildman–Crippen MR) is 88.0 cm³/mol. The van der Waals surface area contributed by atoms with Gasteiger partial charge in [0, 0.05) is 18.8 Å². The first kappa shape index (κ1) is 17.4. The van der Waals surface area contributed by atoms with Crippen LogP contribution in [0.4, 0.5) is 10.5 Å². The molecule has 0 aliphatic carbocycles. The van der Waals surface area contributed by atoms with Crippen molar-refractivity contribution in [1.82, 2.24) is 4.90 Å². The van der Waals surface area contributed by atoms with Gasteiger partial charge < -0.3 is 19.7 Å². The van der Waals surface area contributed by atoms with Gasteiger partial charge in [0.2, 0.25) is 0 Å². The van der Waals surface area contributed by atoms with Gasteiger partial charge in [0.1, 0.15) is 5.75 Å². The number of urea groups is 1. The number of esters is 1. The Morgan fingerprint density at radius 2 is 2.22 bits per heavy atom. The molecule has 0 spiro atoms. The fourth-order valence-corrected chi connectivity index (χ4v) is 2.82. The van der Waals surface area contributed by atoms with Crippen molar-refractivity contribution >= 4 is 29.3 Å². The molecule has 0 radical (unpaired) electrons. The first-order valence-electron chi connectivity index (χ1n) is 7.61. The van der Waals surface area contributed by atoms with Gasteiger partial charge in [-0.1, -0.05) is 11.6 Å². The van der Waals surface area contributed by atoms with Crippen molar-refractivity contribution in [3.05, 3.63) is 23.2 Å². The normalized spacial score (nSPS) is 17.5. The lowest BCUT2D eigenvalue weighted by molar-refractivity contribution is -0.149. The monoisotopic (exact) mass is 340 g/mol. The van der Waals surface area contributed by atoms with E-state index in [1.165, 1.54) is 7.11 Å². The highest BCUT2D eigenvalue weighted by molar-refractivity contribution is 6.32. The molecule has 1 aromatic rings. The Labute approximate surface area is 140 Å². The number of nitrogens with zero attached hydrogens (tertiary/aromatic N) is 1. The summed E-state index contributed by atoms with van der Waals surface area (Å²) in [5.74, 6) is 0.0522. The summed E-state index contributed by atoms with van der Waals surface area (Å²) < 4.78 is 10.1. The van der Waals surface area contributed by atoms with E-state index in [4.69, 9.17) is 21.1 Å². The molecule has 1 aromatic carbocycles. The number of carbonyl (C=O) groups excluding carboxylic acids is 2. The van der Waals surface area contributed by atoms with Crippen molar-refractivity contribution in [3.8, 4) is 5.75 Å². The Bertz CT molecular complexity index is 579. The zero-order valence-corrected chi connectivity index (χ0v) is 14.1. The summed E-state index contributed by atoms with van der Waals surface area (Å²) in [5.41, 5.74) is 0.582. The minimum atomic E-state index is -0.256. The molecule has 1 fully saturated rings.